The van der Waals surface area contributed by atoms with Crippen LogP contribution in [-0.2, 0) is 11.2 Å². The van der Waals surface area contributed by atoms with Gasteiger partial charge in [-0.15, -0.1) is 0 Å². The summed E-state index contributed by atoms with van der Waals surface area (Å²) in [7, 11) is 0. The molecule has 5 heteroatoms. The summed E-state index contributed by atoms with van der Waals surface area (Å²) in [4.78, 5) is 22.4. The zero-order valence-electron chi connectivity index (χ0n) is 19.9. The van der Waals surface area contributed by atoms with E-state index in [4.69, 9.17) is 10.7 Å². The predicted octanol–water partition coefficient (Wildman–Crippen LogP) is 3.69. The summed E-state index contributed by atoms with van der Waals surface area (Å²) in [6.45, 7) is 3.42. The number of H-pyrrole nitrogens is 1. The monoisotopic (exact) mass is 445 g/mol. The van der Waals surface area contributed by atoms with Gasteiger partial charge in [-0.1, -0.05) is 30.4 Å². The maximum atomic E-state index is 11.7. The molecule has 1 amide bonds. The van der Waals surface area contributed by atoms with Crippen LogP contribution in [0, 0.1) is 0 Å². The van der Waals surface area contributed by atoms with Gasteiger partial charge in [-0.2, -0.15) is 0 Å². The van der Waals surface area contributed by atoms with Gasteiger partial charge in [0.1, 0.15) is 0 Å². The van der Waals surface area contributed by atoms with Gasteiger partial charge in [0, 0.05) is 43.4 Å². The van der Waals surface area contributed by atoms with Crippen molar-refractivity contribution in [2.45, 2.75) is 70.6 Å². The normalized spacial score (nSPS) is 17.0. The highest BCUT2D eigenvalue weighted by atomic mass is 16.2. The van der Waals surface area contributed by atoms with Crippen LogP contribution in [0.3, 0.4) is 0 Å². The number of nitrogens with one attached hydrogen (secondary N) is 1. The molecule has 0 radical (unpaired) electrons. The molecule has 1 aromatic heterocycles. The van der Waals surface area contributed by atoms with Crippen LogP contribution >= 0.6 is 0 Å². The fourth-order valence-electron chi connectivity index (χ4n) is 5.14. The summed E-state index contributed by atoms with van der Waals surface area (Å²) < 4.78 is 0. The molecule has 1 fully saturated rings. The van der Waals surface area contributed by atoms with Crippen LogP contribution in [-0.4, -0.2) is 23.9 Å². The number of aromatic nitrogens is 1. The topological polar surface area (TPSA) is 72.8 Å². The molecule has 0 saturated carbocycles. The van der Waals surface area contributed by atoms with E-state index in [-0.39, 0.29) is 5.91 Å². The lowest BCUT2D eigenvalue weighted by atomic mass is 9.90. The van der Waals surface area contributed by atoms with Gasteiger partial charge in [-0.05, 0) is 69.4 Å². The van der Waals surface area contributed by atoms with Gasteiger partial charge in [0.2, 0.25) is 5.91 Å². The number of para-hydroxylation sites is 1. The third-order valence-electron chi connectivity index (χ3n) is 6.98. The van der Waals surface area contributed by atoms with Crippen LogP contribution in [0.2, 0.25) is 0 Å². The molecular weight excluding hydrogens is 408 g/mol. The molecular formula is C28H37N4O+. The number of aryl methyl sites for hydroxylation is 1. The molecule has 174 valence electrons. The average molecular weight is 446 g/mol. The summed E-state index contributed by atoms with van der Waals surface area (Å²) >= 11 is 0. The molecule has 0 atom stereocenters. The average Bonchev–Trinajstić information content (AvgIpc) is 2.99. The predicted molar refractivity (Wildman–Crippen MR) is 133 cm³/mol. The second-order valence-corrected chi connectivity index (χ2v) is 9.33. The second kappa shape index (κ2) is 11.3. The molecule has 0 bridgehead atoms. The molecule has 1 aromatic carbocycles. The SMILES string of the molecule is CC(=O)N1CCCC(c2[nH+]ccc3c2=CCC=C(CCCCc2ccccc2N)N=3)CCC1. The van der Waals surface area contributed by atoms with Crippen molar-refractivity contribution in [2.75, 3.05) is 18.8 Å². The lowest BCUT2D eigenvalue weighted by Gasteiger charge is -2.26. The van der Waals surface area contributed by atoms with Crippen molar-refractivity contribution in [2.24, 2.45) is 4.99 Å². The molecule has 1 saturated heterocycles. The number of fused-ring (bicyclic) bond motifs is 1. The van der Waals surface area contributed by atoms with E-state index >= 15 is 0 Å². The van der Waals surface area contributed by atoms with E-state index in [9.17, 15) is 4.79 Å². The molecule has 33 heavy (non-hydrogen) atoms. The van der Waals surface area contributed by atoms with Crippen molar-refractivity contribution in [1.82, 2.24) is 4.90 Å². The number of hydrogen-bond donors (Lipinski definition) is 1. The van der Waals surface area contributed by atoms with Crippen molar-refractivity contribution in [3.8, 4) is 0 Å². The fourth-order valence-corrected chi connectivity index (χ4v) is 5.14. The summed E-state index contributed by atoms with van der Waals surface area (Å²) in [6, 6.07) is 10.3. The summed E-state index contributed by atoms with van der Waals surface area (Å²) in [6.07, 6.45) is 16.1. The Kier molecular flexibility index (Phi) is 7.92. The van der Waals surface area contributed by atoms with E-state index in [0.29, 0.717) is 5.92 Å². The number of hydrogen-bond acceptors (Lipinski definition) is 3. The first kappa shape index (κ1) is 23.2. The molecule has 3 N–H and O–H groups in total. The molecule has 2 aromatic rings. The Bertz CT molecular complexity index is 1110. The van der Waals surface area contributed by atoms with Gasteiger partial charge in [-0.25, -0.2) is 4.98 Å². The van der Waals surface area contributed by atoms with Crippen LogP contribution in [0.4, 0.5) is 5.69 Å². The number of amides is 1. The number of nitrogens with zero attached hydrogens (tertiary/aromatic N) is 2. The zero-order chi connectivity index (χ0) is 23.0. The van der Waals surface area contributed by atoms with Gasteiger partial charge in [0.25, 0.3) is 0 Å². The highest BCUT2D eigenvalue weighted by Gasteiger charge is 2.23. The lowest BCUT2D eigenvalue weighted by molar-refractivity contribution is -0.395. The molecule has 2 aliphatic heterocycles. The minimum absolute atomic E-state index is 0.201. The van der Waals surface area contributed by atoms with Crippen molar-refractivity contribution in [1.29, 1.82) is 0 Å². The van der Waals surface area contributed by atoms with E-state index in [2.05, 4.69) is 35.3 Å². The number of nitrogens with two attached hydrogens (primary N) is 1. The molecule has 5 nitrogen and oxygen atoms in total. The minimum Gasteiger partial charge on any atom is -0.399 e. The number of pyridine rings is 1. The lowest BCUT2D eigenvalue weighted by Crippen LogP contribution is -2.39. The zero-order valence-corrected chi connectivity index (χ0v) is 19.9. The number of anilines is 1. The first-order valence-corrected chi connectivity index (χ1v) is 12.5. The maximum absolute atomic E-state index is 11.7. The number of carbonyl (C=O) groups excluding carboxylic acids is 1. The van der Waals surface area contributed by atoms with Gasteiger partial charge in [0.05, 0.1) is 10.6 Å². The van der Waals surface area contributed by atoms with Gasteiger partial charge in [-0.3, -0.25) is 9.79 Å². The molecule has 0 spiro atoms. The van der Waals surface area contributed by atoms with Crippen LogP contribution < -0.4 is 21.3 Å². The number of unbranched alkanes of at least 4 members (excludes halogenated alkanes) is 1. The van der Waals surface area contributed by atoms with Gasteiger partial charge in [0.15, 0.2) is 11.9 Å². The number of nitrogen functional groups attached to an aromatic ring is 1. The van der Waals surface area contributed by atoms with Crippen LogP contribution in [0.15, 0.2) is 53.3 Å². The molecule has 0 unspecified atom stereocenters. The summed E-state index contributed by atoms with van der Waals surface area (Å²) in [5.41, 5.74) is 10.7. The van der Waals surface area contributed by atoms with Crippen molar-refractivity contribution in [3.63, 3.8) is 0 Å². The standard InChI is InChI=1S/C28H36N4O/c1-21(33)32-19-7-11-23(12-8-20-32)28-25-15-6-14-24(31-27(25)17-18-30-28)13-4-2-9-22-10-3-5-16-26(22)29/h3,5,10,14-18,23H,2,4,6-9,11-13,19-20,29H2,1H3/p+1. The minimum atomic E-state index is 0.201. The van der Waals surface area contributed by atoms with E-state index in [1.807, 2.05) is 23.2 Å². The van der Waals surface area contributed by atoms with E-state index in [0.717, 1.165) is 81.9 Å². The van der Waals surface area contributed by atoms with Gasteiger partial charge < -0.3 is 10.6 Å². The quantitative estimate of drug-likeness (QED) is 0.544. The maximum Gasteiger partial charge on any atom is 0.219 e. The Morgan fingerprint density at radius 2 is 1.85 bits per heavy atom. The highest BCUT2D eigenvalue weighted by molar-refractivity contribution is 5.73. The number of likely N-dealkylation sites (tertiary alicyclic amines) is 1. The third-order valence-corrected chi connectivity index (χ3v) is 6.98. The van der Waals surface area contributed by atoms with E-state index in [1.165, 1.54) is 22.2 Å². The molecule has 2 aliphatic rings. The Balaban J connectivity index is 1.41. The number of allylic oxidation sites excluding steroid dienone is 2. The van der Waals surface area contributed by atoms with Crippen molar-refractivity contribution in [3.05, 3.63) is 70.1 Å². The fraction of sp³-hybridized carbons (Fsp3) is 0.464. The number of benzene rings is 1. The van der Waals surface area contributed by atoms with Crippen LogP contribution in [0.1, 0.15) is 75.5 Å². The Morgan fingerprint density at radius 3 is 2.61 bits per heavy atom. The Hall–Kier alpha value is -2.95. The van der Waals surface area contributed by atoms with Crippen molar-refractivity contribution < 1.29 is 9.78 Å². The largest absolute Gasteiger partial charge is 0.399 e. The Morgan fingerprint density at radius 1 is 1.09 bits per heavy atom. The summed E-state index contributed by atoms with van der Waals surface area (Å²) in [5.74, 6) is 0.699. The first-order valence-electron chi connectivity index (χ1n) is 12.5. The second-order valence-electron chi connectivity index (χ2n) is 9.33. The smallest absolute Gasteiger partial charge is 0.219 e. The van der Waals surface area contributed by atoms with E-state index < -0.39 is 0 Å². The van der Waals surface area contributed by atoms with Crippen molar-refractivity contribution >= 4 is 17.7 Å². The summed E-state index contributed by atoms with van der Waals surface area (Å²) in [5, 5.41) is 2.36. The number of carbonyl (C=O) groups is 1. The Labute approximate surface area is 197 Å². The molecule has 0 aliphatic carbocycles. The molecule has 3 heterocycles. The van der Waals surface area contributed by atoms with Gasteiger partial charge >= 0.3 is 0 Å². The first-order chi connectivity index (χ1) is 16.1. The number of rotatable bonds is 6. The van der Waals surface area contributed by atoms with E-state index in [1.54, 1.807) is 6.92 Å². The van der Waals surface area contributed by atoms with Crippen LogP contribution in [0.5, 0.6) is 0 Å². The molecule has 4 rings (SSSR count). The highest BCUT2D eigenvalue weighted by Crippen LogP contribution is 2.24. The number of aromatic amines is 1. The van der Waals surface area contributed by atoms with Crippen LogP contribution in [0.25, 0.3) is 6.08 Å². The third kappa shape index (κ3) is 6.10.